The Morgan fingerprint density at radius 2 is 2.00 bits per heavy atom. The first kappa shape index (κ1) is 19.1. The monoisotopic (exact) mass is 362 g/mol. The number of amides is 1. The summed E-state index contributed by atoms with van der Waals surface area (Å²) in [4.78, 5) is 21.5. The van der Waals surface area contributed by atoms with E-state index in [4.69, 9.17) is 5.26 Å². The number of nitriles is 1. The summed E-state index contributed by atoms with van der Waals surface area (Å²) in [6.45, 7) is 7.87. The van der Waals surface area contributed by atoms with Crippen LogP contribution in [0.15, 0.2) is 30.5 Å². The summed E-state index contributed by atoms with van der Waals surface area (Å²) in [6, 6.07) is 9.80. The Labute approximate surface area is 161 Å². The van der Waals surface area contributed by atoms with Crippen LogP contribution in [0.4, 0.5) is 5.82 Å². The van der Waals surface area contributed by atoms with Gasteiger partial charge in [-0.1, -0.05) is 32.9 Å². The minimum atomic E-state index is -0.0313. The number of anilines is 1. The van der Waals surface area contributed by atoms with Gasteiger partial charge in [-0.2, -0.15) is 5.26 Å². The lowest BCUT2D eigenvalue weighted by Crippen LogP contribution is -2.39. The van der Waals surface area contributed by atoms with Crippen molar-refractivity contribution < 1.29 is 4.79 Å². The second-order valence-electron chi connectivity index (χ2n) is 8.38. The van der Waals surface area contributed by atoms with E-state index >= 15 is 0 Å². The van der Waals surface area contributed by atoms with Crippen LogP contribution in [-0.4, -0.2) is 36.4 Å². The Bertz CT molecular complexity index is 919. The molecule has 0 saturated carbocycles. The van der Waals surface area contributed by atoms with Crippen LogP contribution in [0.25, 0.3) is 0 Å². The number of aromatic nitrogens is 1. The van der Waals surface area contributed by atoms with Gasteiger partial charge in [0.05, 0.1) is 11.6 Å². The van der Waals surface area contributed by atoms with Gasteiger partial charge in [-0.15, -0.1) is 0 Å². The fourth-order valence-corrected chi connectivity index (χ4v) is 3.46. The van der Waals surface area contributed by atoms with Crippen LogP contribution < -0.4 is 4.90 Å². The van der Waals surface area contributed by atoms with Crippen LogP contribution in [0.1, 0.15) is 53.4 Å². The van der Waals surface area contributed by atoms with Crippen LogP contribution in [0.2, 0.25) is 0 Å². The summed E-state index contributed by atoms with van der Waals surface area (Å²) in [5.41, 5.74) is 4.73. The lowest BCUT2D eigenvalue weighted by Gasteiger charge is -2.32. The van der Waals surface area contributed by atoms with Crippen LogP contribution in [0.3, 0.4) is 0 Å². The number of benzene rings is 1. The number of hydrogen-bond donors (Lipinski definition) is 0. The maximum Gasteiger partial charge on any atom is 0.260 e. The zero-order chi connectivity index (χ0) is 19.8. The number of rotatable bonds is 3. The van der Waals surface area contributed by atoms with Gasteiger partial charge in [0.15, 0.2) is 0 Å². The van der Waals surface area contributed by atoms with Gasteiger partial charge < -0.3 is 4.90 Å². The fourth-order valence-electron chi connectivity index (χ4n) is 3.46. The second kappa shape index (κ2) is 7.13. The zero-order valence-electron chi connectivity index (χ0n) is 16.7. The highest BCUT2D eigenvalue weighted by molar-refractivity contribution is 6.08. The van der Waals surface area contributed by atoms with Crippen LogP contribution in [0, 0.1) is 11.3 Å². The Balaban J connectivity index is 2.09. The molecule has 0 aliphatic carbocycles. The van der Waals surface area contributed by atoms with E-state index in [0.717, 1.165) is 23.1 Å². The SMILES string of the molecule is CN(C)Cc1cc(C(C)(C)C)cc2c1C(=O)N(c1cc(C#N)ccn1)CC2. The van der Waals surface area contributed by atoms with E-state index in [-0.39, 0.29) is 11.3 Å². The lowest BCUT2D eigenvalue weighted by atomic mass is 9.81. The predicted octanol–water partition coefficient (Wildman–Crippen LogP) is 3.52. The third-order valence-electron chi connectivity index (χ3n) is 4.87. The third kappa shape index (κ3) is 3.86. The molecule has 0 unspecified atom stereocenters. The summed E-state index contributed by atoms with van der Waals surface area (Å²) in [5.74, 6) is 0.511. The predicted molar refractivity (Wildman–Crippen MR) is 107 cm³/mol. The van der Waals surface area contributed by atoms with Gasteiger partial charge in [-0.25, -0.2) is 4.98 Å². The first-order valence-corrected chi connectivity index (χ1v) is 9.19. The number of carbonyl (C=O) groups excluding carboxylic acids is 1. The van der Waals surface area contributed by atoms with Gasteiger partial charge >= 0.3 is 0 Å². The Hall–Kier alpha value is -2.71. The van der Waals surface area contributed by atoms with E-state index in [1.54, 1.807) is 23.2 Å². The first-order valence-electron chi connectivity index (χ1n) is 9.19. The van der Waals surface area contributed by atoms with Crippen LogP contribution >= 0.6 is 0 Å². The summed E-state index contributed by atoms with van der Waals surface area (Å²) in [5, 5.41) is 9.15. The summed E-state index contributed by atoms with van der Waals surface area (Å²) >= 11 is 0. The Morgan fingerprint density at radius 3 is 2.63 bits per heavy atom. The maximum atomic E-state index is 13.4. The molecular formula is C22H26N4O. The lowest BCUT2D eigenvalue weighted by molar-refractivity contribution is 0.0978. The summed E-state index contributed by atoms with van der Waals surface area (Å²) in [7, 11) is 4.03. The fraction of sp³-hybridized carbons (Fsp3) is 0.409. The summed E-state index contributed by atoms with van der Waals surface area (Å²) < 4.78 is 0. The number of pyridine rings is 1. The van der Waals surface area contributed by atoms with Gasteiger partial charge in [-0.3, -0.25) is 9.69 Å². The average molecular weight is 362 g/mol. The van der Waals surface area contributed by atoms with Crippen LogP contribution in [-0.2, 0) is 18.4 Å². The molecule has 1 aliphatic heterocycles. The number of hydrogen-bond acceptors (Lipinski definition) is 4. The molecular weight excluding hydrogens is 336 g/mol. The zero-order valence-corrected chi connectivity index (χ0v) is 16.7. The van der Waals surface area contributed by atoms with Gasteiger partial charge in [-0.05, 0) is 54.8 Å². The molecule has 2 aromatic rings. The van der Waals surface area contributed by atoms with E-state index in [9.17, 15) is 4.79 Å². The molecule has 1 amide bonds. The largest absolute Gasteiger partial charge is 0.305 e. The second-order valence-corrected chi connectivity index (χ2v) is 8.38. The molecule has 0 atom stereocenters. The molecule has 27 heavy (non-hydrogen) atoms. The number of carbonyl (C=O) groups is 1. The molecule has 2 heterocycles. The third-order valence-corrected chi connectivity index (χ3v) is 4.87. The van der Waals surface area contributed by atoms with Crippen molar-refractivity contribution in [2.75, 3.05) is 25.5 Å². The molecule has 0 bridgehead atoms. The van der Waals surface area contributed by atoms with Gasteiger partial charge in [0.25, 0.3) is 5.91 Å². The molecule has 1 aromatic carbocycles. The van der Waals surface area contributed by atoms with Gasteiger partial charge in [0.1, 0.15) is 5.82 Å². The molecule has 0 fully saturated rings. The number of fused-ring (bicyclic) bond motifs is 1. The van der Waals surface area contributed by atoms with E-state index in [1.165, 1.54) is 5.56 Å². The minimum absolute atomic E-state index is 0.0267. The molecule has 3 rings (SSSR count). The highest BCUT2D eigenvalue weighted by Crippen LogP contribution is 2.32. The van der Waals surface area contributed by atoms with Crippen molar-refractivity contribution in [2.24, 2.45) is 0 Å². The molecule has 0 saturated heterocycles. The van der Waals surface area contributed by atoms with E-state index in [1.807, 2.05) is 14.1 Å². The smallest absolute Gasteiger partial charge is 0.260 e. The van der Waals surface area contributed by atoms with Crippen molar-refractivity contribution >= 4 is 11.7 Å². The van der Waals surface area contributed by atoms with E-state index in [0.29, 0.717) is 24.5 Å². The van der Waals surface area contributed by atoms with Crippen molar-refractivity contribution in [3.05, 3.63) is 58.3 Å². The molecule has 140 valence electrons. The first-order chi connectivity index (χ1) is 12.7. The Kier molecular flexibility index (Phi) is 5.03. The van der Waals surface area contributed by atoms with Crippen LogP contribution in [0.5, 0.6) is 0 Å². The highest BCUT2D eigenvalue weighted by atomic mass is 16.2. The van der Waals surface area contributed by atoms with Crippen molar-refractivity contribution in [1.82, 2.24) is 9.88 Å². The van der Waals surface area contributed by atoms with Gasteiger partial charge in [0.2, 0.25) is 0 Å². The molecule has 0 N–H and O–H groups in total. The van der Waals surface area contributed by atoms with Crippen molar-refractivity contribution in [2.45, 2.75) is 39.2 Å². The molecule has 5 nitrogen and oxygen atoms in total. The van der Waals surface area contributed by atoms with Gasteiger partial charge in [0, 0.05) is 24.8 Å². The molecule has 1 aliphatic rings. The number of nitrogens with zero attached hydrogens (tertiary/aromatic N) is 4. The highest BCUT2D eigenvalue weighted by Gasteiger charge is 2.30. The average Bonchev–Trinajstić information content (AvgIpc) is 2.60. The topological polar surface area (TPSA) is 60.2 Å². The summed E-state index contributed by atoms with van der Waals surface area (Å²) in [6.07, 6.45) is 2.37. The quantitative estimate of drug-likeness (QED) is 0.838. The molecule has 0 spiro atoms. The standard InChI is InChI=1S/C22H26N4O/c1-22(2,3)18-11-16-7-9-26(19-10-15(13-23)6-8-24-19)21(27)20(16)17(12-18)14-25(4)5/h6,8,10-12H,7,9,14H2,1-5H3. The van der Waals surface area contributed by atoms with E-state index in [2.05, 4.69) is 48.9 Å². The minimum Gasteiger partial charge on any atom is -0.305 e. The van der Waals surface area contributed by atoms with E-state index < -0.39 is 0 Å². The Morgan fingerprint density at radius 1 is 1.26 bits per heavy atom. The van der Waals surface area contributed by atoms with Crippen molar-refractivity contribution in [3.63, 3.8) is 0 Å². The van der Waals surface area contributed by atoms with Crippen molar-refractivity contribution in [1.29, 1.82) is 5.26 Å². The molecule has 0 radical (unpaired) electrons. The normalized spacial score (nSPS) is 14.3. The van der Waals surface area contributed by atoms with Crippen molar-refractivity contribution in [3.8, 4) is 6.07 Å². The molecule has 1 aromatic heterocycles. The maximum absolute atomic E-state index is 13.4. The molecule has 5 heteroatoms.